The topological polar surface area (TPSA) is 44.8 Å². The van der Waals surface area contributed by atoms with E-state index in [1.807, 2.05) is 6.07 Å². The van der Waals surface area contributed by atoms with Crippen molar-refractivity contribution in [1.82, 2.24) is 0 Å². The van der Waals surface area contributed by atoms with Crippen molar-refractivity contribution in [2.75, 3.05) is 6.79 Å². The maximum Gasteiger partial charge on any atom is 0.336 e. The van der Waals surface area contributed by atoms with Gasteiger partial charge >= 0.3 is 5.97 Å². The number of hydrogen-bond acceptors (Lipinski definition) is 4. The molecule has 0 N–H and O–H groups in total. The summed E-state index contributed by atoms with van der Waals surface area (Å²) in [5.74, 6) is 0.996. The van der Waals surface area contributed by atoms with Gasteiger partial charge in [-0.1, -0.05) is 35.3 Å². The lowest BCUT2D eigenvalue weighted by Gasteiger charge is -2.04. The van der Waals surface area contributed by atoms with Crippen molar-refractivity contribution < 1.29 is 19.0 Å². The van der Waals surface area contributed by atoms with Crippen molar-refractivity contribution in [2.24, 2.45) is 0 Å². The van der Waals surface area contributed by atoms with Crippen molar-refractivity contribution in [3.63, 3.8) is 0 Å². The molecule has 112 valence electrons. The zero-order valence-electron chi connectivity index (χ0n) is 11.2. The third-order valence-corrected chi connectivity index (χ3v) is 3.74. The maximum atomic E-state index is 11.8. The lowest BCUT2D eigenvalue weighted by molar-refractivity contribution is -0.128. The van der Waals surface area contributed by atoms with Crippen LogP contribution in [0.5, 0.6) is 17.2 Å². The number of carbonyl (C=O) groups excluding carboxylic acids is 1. The number of fused-ring (bicyclic) bond motifs is 1. The highest BCUT2D eigenvalue weighted by Gasteiger charge is 2.12. The molecule has 1 aliphatic heterocycles. The summed E-state index contributed by atoms with van der Waals surface area (Å²) in [4.78, 5) is 11.8. The molecule has 0 atom stereocenters. The Balaban J connectivity index is 1.70. The van der Waals surface area contributed by atoms with Crippen LogP contribution in [0.1, 0.15) is 5.56 Å². The van der Waals surface area contributed by atoms with Crippen LogP contribution < -0.4 is 14.2 Å². The third kappa shape index (κ3) is 3.18. The van der Waals surface area contributed by atoms with Gasteiger partial charge < -0.3 is 14.2 Å². The molecule has 3 rings (SSSR count). The van der Waals surface area contributed by atoms with E-state index >= 15 is 0 Å². The van der Waals surface area contributed by atoms with Gasteiger partial charge in [0.25, 0.3) is 0 Å². The fourth-order valence-corrected chi connectivity index (χ4v) is 2.22. The molecule has 6 heteroatoms. The van der Waals surface area contributed by atoms with Crippen LogP contribution in [0.4, 0.5) is 0 Å². The molecule has 0 amide bonds. The second-order valence-electron chi connectivity index (χ2n) is 4.42. The summed E-state index contributed by atoms with van der Waals surface area (Å²) in [5, 5.41) is 0.528. The van der Waals surface area contributed by atoms with Gasteiger partial charge in [-0.05, 0) is 35.9 Å². The monoisotopic (exact) mass is 336 g/mol. The average Bonchev–Trinajstić information content (AvgIpc) is 2.97. The second kappa shape index (κ2) is 6.30. The first-order valence-electron chi connectivity index (χ1n) is 6.37. The van der Waals surface area contributed by atoms with E-state index in [-0.39, 0.29) is 17.6 Å². The summed E-state index contributed by atoms with van der Waals surface area (Å²) in [7, 11) is 0. The summed E-state index contributed by atoms with van der Waals surface area (Å²) in [6, 6.07) is 10.2. The summed E-state index contributed by atoms with van der Waals surface area (Å²) >= 11 is 11.8. The van der Waals surface area contributed by atoms with Crippen molar-refractivity contribution in [2.45, 2.75) is 0 Å². The molecule has 1 heterocycles. The summed E-state index contributed by atoms with van der Waals surface area (Å²) < 4.78 is 15.6. The van der Waals surface area contributed by atoms with E-state index in [1.165, 1.54) is 6.08 Å². The molecule has 2 aromatic rings. The third-order valence-electron chi connectivity index (χ3n) is 2.94. The minimum atomic E-state index is -0.554. The fourth-order valence-electron chi connectivity index (χ4n) is 1.89. The Labute approximate surface area is 136 Å². The Kier molecular flexibility index (Phi) is 4.22. The standard InChI is InChI=1S/C16H10Cl2O4/c17-11-2-1-3-13(16(11)18)22-15(19)7-5-10-4-6-12-14(8-10)21-9-20-12/h1-8H,9H2/b7-5+. The molecule has 2 aromatic carbocycles. The highest BCUT2D eigenvalue weighted by atomic mass is 35.5. The van der Waals surface area contributed by atoms with Crippen molar-refractivity contribution >= 4 is 35.2 Å². The Morgan fingerprint density at radius 1 is 1.14 bits per heavy atom. The average molecular weight is 337 g/mol. The SMILES string of the molecule is O=C(/C=C/c1ccc2c(c1)OCO2)Oc1cccc(Cl)c1Cl. The van der Waals surface area contributed by atoms with Crippen LogP contribution in [0, 0.1) is 0 Å². The van der Waals surface area contributed by atoms with Gasteiger partial charge in [0.2, 0.25) is 6.79 Å². The van der Waals surface area contributed by atoms with Gasteiger partial charge in [0.1, 0.15) is 5.02 Å². The number of ether oxygens (including phenoxy) is 3. The van der Waals surface area contributed by atoms with E-state index in [2.05, 4.69) is 0 Å². The van der Waals surface area contributed by atoms with Gasteiger partial charge in [0.05, 0.1) is 5.02 Å². The number of hydrogen-bond donors (Lipinski definition) is 0. The molecule has 0 aliphatic carbocycles. The predicted octanol–water partition coefficient (Wildman–Crippen LogP) is 4.34. The minimum absolute atomic E-state index is 0.203. The Morgan fingerprint density at radius 2 is 1.95 bits per heavy atom. The van der Waals surface area contributed by atoms with Gasteiger partial charge in [0.15, 0.2) is 17.2 Å². The normalized spacial score (nSPS) is 12.6. The Bertz CT molecular complexity index is 756. The zero-order valence-corrected chi connectivity index (χ0v) is 12.7. The quantitative estimate of drug-likeness (QED) is 0.475. The van der Waals surface area contributed by atoms with Crippen LogP contribution in [0.25, 0.3) is 6.08 Å². The van der Waals surface area contributed by atoms with E-state index < -0.39 is 5.97 Å². The van der Waals surface area contributed by atoms with Crippen LogP contribution in [0.15, 0.2) is 42.5 Å². The summed E-state index contributed by atoms with van der Waals surface area (Å²) in [6.45, 7) is 0.206. The summed E-state index contributed by atoms with van der Waals surface area (Å²) in [6.07, 6.45) is 2.91. The van der Waals surface area contributed by atoms with Gasteiger partial charge in [-0.15, -0.1) is 0 Å². The molecular formula is C16H10Cl2O4. The van der Waals surface area contributed by atoms with Crippen LogP contribution in [0.3, 0.4) is 0 Å². The molecule has 0 saturated heterocycles. The summed E-state index contributed by atoms with van der Waals surface area (Å²) in [5.41, 5.74) is 0.790. The molecule has 22 heavy (non-hydrogen) atoms. The number of rotatable bonds is 3. The number of carbonyl (C=O) groups is 1. The Morgan fingerprint density at radius 3 is 2.82 bits per heavy atom. The van der Waals surface area contributed by atoms with Crippen LogP contribution in [0.2, 0.25) is 10.0 Å². The smallest absolute Gasteiger partial charge is 0.336 e. The van der Waals surface area contributed by atoms with Crippen LogP contribution >= 0.6 is 23.2 Å². The highest BCUT2D eigenvalue weighted by molar-refractivity contribution is 6.43. The molecule has 4 nitrogen and oxygen atoms in total. The lowest BCUT2D eigenvalue weighted by Crippen LogP contribution is -2.04. The molecule has 0 fully saturated rings. The van der Waals surface area contributed by atoms with E-state index in [0.29, 0.717) is 16.5 Å². The molecular weight excluding hydrogens is 327 g/mol. The van der Waals surface area contributed by atoms with E-state index in [9.17, 15) is 4.79 Å². The maximum absolute atomic E-state index is 11.8. The molecule has 1 aliphatic rings. The molecule has 0 spiro atoms. The predicted molar refractivity (Wildman–Crippen MR) is 83.7 cm³/mol. The first-order chi connectivity index (χ1) is 10.6. The van der Waals surface area contributed by atoms with Gasteiger partial charge in [-0.3, -0.25) is 0 Å². The van der Waals surface area contributed by atoms with Crippen molar-refractivity contribution in [3.8, 4) is 17.2 Å². The van der Waals surface area contributed by atoms with Gasteiger partial charge in [-0.25, -0.2) is 4.79 Å². The first kappa shape index (κ1) is 14.8. The van der Waals surface area contributed by atoms with Crippen LogP contribution in [-0.4, -0.2) is 12.8 Å². The minimum Gasteiger partial charge on any atom is -0.454 e. The van der Waals surface area contributed by atoms with Gasteiger partial charge in [0, 0.05) is 6.08 Å². The van der Waals surface area contributed by atoms with Crippen molar-refractivity contribution in [1.29, 1.82) is 0 Å². The molecule has 0 aromatic heterocycles. The second-order valence-corrected chi connectivity index (χ2v) is 5.20. The fraction of sp³-hybridized carbons (Fsp3) is 0.0625. The Hall–Kier alpha value is -2.17. The highest BCUT2D eigenvalue weighted by Crippen LogP contribution is 2.33. The van der Waals surface area contributed by atoms with E-state index in [0.717, 1.165) is 5.56 Å². The molecule has 0 unspecified atom stereocenters. The van der Waals surface area contributed by atoms with Crippen LogP contribution in [-0.2, 0) is 4.79 Å². The number of halogens is 2. The lowest BCUT2D eigenvalue weighted by atomic mass is 10.2. The largest absolute Gasteiger partial charge is 0.454 e. The van der Waals surface area contributed by atoms with E-state index in [1.54, 1.807) is 36.4 Å². The molecule has 0 saturated carbocycles. The number of benzene rings is 2. The first-order valence-corrected chi connectivity index (χ1v) is 7.12. The zero-order chi connectivity index (χ0) is 15.5. The van der Waals surface area contributed by atoms with Gasteiger partial charge in [-0.2, -0.15) is 0 Å². The molecule has 0 radical (unpaired) electrons. The number of esters is 1. The molecule has 0 bridgehead atoms. The van der Waals surface area contributed by atoms with E-state index in [4.69, 9.17) is 37.4 Å². The van der Waals surface area contributed by atoms with Crippen molar-refractivity contribution in [3.05, 3.63) is 58.1 Å².